The molecule has 0 amide bonds. The Morgan fingerprint density at radius 2 is 1.94 bits per heavy atom. The molecule has 2 rings (SSSR count). The molecule has 2 unspecified atom stereocenters. The van der Waals surface area contributed by atoms with Crippen LogP contribution in [0.1, 0.15) is 18.4 Å². The summed E-state index contributed by atoms with van der Waals surface area (Å²) in [5.74, 6) is -2.08. The van der Waals surface area contributed by atoms with Gasteiger partial charge in [-0.2, -0.15) is 0 Å². The second-order valence-electron chi connectivity index (χ2n) is 4.31. The van der Waals surface area contributed by atoms with Gasteiger partial charge in [0.25, 0.3) is 0 Å². The van der Waals surface area contributed by atoms with E-state index in [1.54, 1.807) is 0 Å². The summed E-state index contributed by atoms with van der Waals surface area (Å²) in [4.78, 5) is 10.7. The van der Waals surface area contributed by atoms with Gasteiger partial charge in [0.1, 0.15) is 17.7 Å². The summed E-state index contributed by atoms with van der Waals surface area (Å²) in [7, 11) is 0. The van der Waals surface area contributed by atoms with Gasteiger partial charge >= 0.3 is 5.97 Å². The first-order valence-corrected chi connectivity index (χ1v) is 5.48. The van der Waals surface area contributed by atoms with Gasteiger partial charge in [0.05, 0.1) is 0 Å². The van der Waals surface area contributed by atoms with Gasteiger partial charge in [0.2, 0.25) is 0 Å². The summed E-state index contributed by atoms with van der Waals surface area (Å²) in [5.41, 5.74) is 0.547. The van der Waals surface area contributed by atoms with Crippen LogP contribution in [-0.2, 0) is 11.2 Å². The molecule has 2 N–H and O–H groups in total. The Bertz CT molecular complexity index is 416. The number of hydrogen-bond acceptors (Lipinski definition) is 2. The van der Waals surface area contributed by atoms with Crippen LogP contribution in [0.25, 0.3) is 0 Å². The van der Waals surface area contributed by atoms with Crippen molar-refractivity contribution in [2.24, 2.45) is 0 Å². The van der Waals surface area contributed by atoms with Crippen molar-refractivity contribution < 1.29 is 18.7 Å². The lowest BCUT2D eigenvalue weighted by Crippen LogP contribution is -2.36. The van der Waals surface area contributed by atoms with E-state index in [-0.39, 0.29) is 6.04 Å². The molecule has 2 atom stereocenters. The normalized spacial score (nSPS) is 23.9. The number of carboxylic acids is 1. The van der Waals surface area contributed by atoms with E-state index < -0.39 is 23.6 Å². The van der Waals surface area contributed by atoms with Crippen LogP contribution < -0.4 is 5.32 Å². The number of halogens is 2. The van der Waals surface area contributed by atoms with Gasteiger partial charge in [-0.15, -0.1) is 0 Å². The Morgan fingerprint density at radius 3 is 2.47 bits per heavy atom. The van der Waals surface area contributed by atoms with Crippen molar-refractivity contribution in [1.82, 2.24) is 5.32 Å². The molecule has 1 aromatic rings. The zero-order chi connectivity index (χ0) is 12.4. The van der Waals surface area contributed by atoms with E-state index >= 15 is 0 Å². The minimum absolute atomic E-state index is 0.0303. The van der Waals surface area contributed by atoms with Gasteiger partial charge in [-0.3, -0.25) is 4.79 Å². The van der Waals surface area contributed by atoms with Crippen LogP contribution in [-0.4, -0.2) is 23.2 Å². The summed E-state index contributed by atoms with van der Waals surface area (Å²) in [6.45, 7) is 0. The Morgan fingerprint density at radius 1 is 1.29 bits per heavy atom. The largest absolute Gasteiger partial charge is 0.480 e. The first kappa shape index (κ1) is 12.0. The van der Waals surface area contributed by atoms with E-state index in [1.165, 1.54) is 12.1 Å². The average molecular weight is 241 g/mol. The monoisotopic (exact) mass is 241 g/mol. The molecule has 0 radical (unpaired) electrons. The number of rotatable bonds is 3. The average Bonchev–Trinajstić information content (AvgIpc) is 2.64. The van der Waals surface area contributed by atoms with Gasteiger partial charge < -0.3 is 10.4 Å². The van der Waals surface area contributed by atoms with E-state index in [0.29, 0.717) is 24.8 Å². The minimum Gasteiger partial charge on any atom is -0.480 e. The number of hydrogen-bond donors (Lipinski definition) is 2. The minimum atomic E-state index is -0.877. The standard InChI is InChI=1S/C12H13F2NO2/c13-8-3-7(4-9(14)6-8)5-10-1-2-11(15-10)12(16)17/h3-4,6,10-11,15H,1-2,5H2,(H,16,17). The zero-order valence-electron chi connectivity index (χ0n) is 9.12. The van der Waals surface area contributed by atoms with Crippen molar-refractivity contribution in [1.29, 1.82) is 0 Å². The fraction of sp³-hybridized carbons (Fsp3) is 0.417. The van der Waals surface area contributed by atoms with Crippen molar-refractivity contribution >= 4 is 5.97 Å². The molecule has 0 spiro atoms. The Labute approximate surface area is 97.5 Å². The Hall–Kier alpha value is -1.49. The SMILES string of the molecule is O=C(O)C1CCC(Cc2cc(F)cc(F)c2)N1. The van der Waals surface area contributed by atoms with Gasteiger partial charge in [0.15, 0.2) is 0 Å². The fourth-order valence-electron chi connectivity index (χ4n) is 2.19. The molecule has 0 aromatic heterocycles. The third-order valence-electron chi connectivity index (χ3n) is 2.94. The van der Waals surface area contributed by atoms with Gasteiger partial charge in [0, 0.05) is 12.1 Å². The Kier molecular flexibility index (Phi) is 3.38. The van der Waals surface area contributed by atoms with Crippen LogP contribution in [0.15, 0.2) is 18.2 Å². The Balaban J connectivity index is 2.00. The molecule has 92 valence electrons. The van der Waals surface area contributed by atoms with E-state index in [1.807, 2.05) is 0 Å². The van der Waals surface area contributed by atoms with Crippen LogP contribution in [0.4, 0.5) is 8.78 Å². The van der Waals surface area contributed by atoms with E-state index in [9.17, 15) is 13.6 Å². The molecule has 1 saturated heterocycles. The van der Waals surface area contributed by atoms with Gasteiger partial charge in [-0.25, -0.2) is 8.78 Å². The molecule has 17 heavy (non-hydrogen) atoms. The van der Waals surface area contributed by atoms with Gasteiger partial charge in [-0.1, -0.05) is 0 Å². The van der Waals surface area contributed by atoms with Crippen LogP contribution >= 0.6 is 0 Å². The number of carboxylic acid groups (broad SMARTS) is 1. The summed E-state index contributed by atoms with van der Waals surface area (Å²) < 4.78 is 25.9. The summed E-state index contributed by atoms with van der Waals surface area (Å²) in [6.07, 6.45) is 1.70. The van der Waals surface area contributed by atoms with Crippen LogP contribution in [0.5, 0.6) is 0 Å². The van der Waals surface area contributed by atoms with Crippen LogP contribution in [0.3, 0.4) is 0 Å². The molecular weight excluding hydrogens is 228 g/mol. The first-order chi connectivity index (χ1) is 8.04. The lowest BCUT2D eigenvalue weighted by Gasteiger charge is -2.12. The molecule has 5 heteroatoms. The smallest absolute Gasteiger partial charge is 0.320 e. The molecular formula is C12H13F2NO2. The van der Waals surface area contributed by atoms with Gasteiger partial charge in [-0.05, 0) is 37.0 Å². The molecule has 1 aliphatic heterocycles. The molecule has 0 bridgehead atoms. The first-order valence-electron chi connectivity index (χ1n) is 5.48. The van der Waals surface area contributed by atoms with Crippen LogP contribution in [0.2, 0.25) is 0 Å². The lowest BCUT2D eigenvalue weighted by atomic mass is 10.0. The highest BCUT2D eigenvalue weighted by atomic mass is 19.1. The topological polar surface area (TPSA) is 49.3 Å². The van der Waals surface area contributed by atoms with Crippen molar-refractivity contribution in [3.8, 4) is 0 Å². The van der Waals surface area contributed by atoms with Crippen molar-refractivity contribution in [2.75, 3.05) is 0 Å². The molecule has 3 nitrogen and oxygen atoms in total. The molecule has 0 saturated carbocycles. The number of nitrogens with one attached hydrogen (secondary N) is 1. The second kappa shape index (κ2) is 4.79. The summed E-state index contributed by atoms with van der Waals surface area (Å²) >= 11 is 0. The van der Waals surface area contributed by atoms with Crippen molar-refractivity contribution in [3.63, 3.8) is 0 Å². The maximum Gasteiger partial charge on any atom is 0.320 e. The second-order valence-corrected chi connectivity index (χ2v) is 4.31. The molecule has 0 aliphatic carbocycles. The number of carbonyl (C=O) groups is 1. The quantitative estimate of drug-likeness (QED) is 0.847. The maximum absolute atomic E-state index is 13.0. The maximum atomic E-state index is 13.0. The highest BCUT2D eigenvalue weighted by Gasteiger charge is 2.28. The highest BCUT2D eigenvalue weighted by molar-refractivity contribution is 5.73. The highest BCUT2D eigenvalue weighted by Crippen LogP contribution is 2.18. The number of aliphatic carboxylic acids is 1. The third-order valence-corrected chi connectivity index (χ3v) is 2.94. The molecule has 1 aromatic carbocycles. The van der Waals surface area contributed by atoms with Crippen LogP contribution in [0, 0.1) is 11.6 Å². The molecule has 1 aliphatic rings. The van der Waals surface area contributed by atoms with E-state index in [0.717, 1.165) is 6.07 Å². The predicted molar refractivity (Wildman–Crippen MR) is 57.6 cm³/mol. The van der Waals surface area contributed by atoms with E-state index in [4.69, 9.17) is 5.11 Å². The summed E-state index contributed by atoms with van der Waals surface area (Å²) in [5, 5.41) is 11.7. The molecule has 1 fully saturated rings. The lowest BCUT2D eigenvalue weighted by molar-refractivity contribution is -0.139. The fourth-order valence-corrected chi connectivity index (χ4v) is 2.19. The van der Waals surface area contributed by atoms with Crippen molar-refractivity contribution in [2.45, 2.75) is 31.3 Å². The van der Waals surface area contributed by atoms with Crippen molar-refractivity contribution in [3.05, 3.63) is 35.4 Å². The predicted octanol–water partition coefficient (Wildman–Crippen LogP) is 1.71. The van der Waals surface area contributed by atoms with E-state index in [2.05, 4.69) is 5.32 Å². The third kappa shape index (κ3) is 3.00. The molecule has 1 heterocycles. The summed E-state index contributed by atoms with van der Waals surface area (Å²) in [6, 6.07) is 2.80. The zero-order valence-corrected chi connectivity index (χ0v) is 9.12. The number of benzene rings is 1.